The number of alkyl halides is 3. The fraction of sp³-hybridized carbons (Fsp3) is 0.611. The quantitative estimate of drug-likeness (QED) is 0.764. The molecule has 27 heavy (non-hydrogen) atoms. The molecule has 1 saturated carbocycles. The zero-order chi connectivity index (χ0) is 19.6. The van der Waals surface area contributed by atoms with Crippen molar-refractivity contribution in [2.75, 3.05) is 6.54 Å². The van der Waals surface area contributed by atoms with Gasteiger partial charge in [-0.05, 0) is 32.8 Å². The number of aromatic nitrogens is 3. The predicted octanol–water partition coefficient (Wildman–Crippen LogP) is 3.52. The number of hydrogen-bond acceptors (Lipinski definition) is 4. The maximum atomic E-state index is 12.9. The van der Waals surface area contributed by atoms with E-state index in [0.717, 1.165) is 37.3 Å². The average molecular weight is 384 g/mol. The van der Waals surface area contributed by atoms with Crippen LogP contribution in [0.15, 0.2) is 16.8 Å². The number of halogens is 3. The Kier molecular flexibility index (Phi) is 5.57. The minimum Gasteiger partial charge on any atom is -0.361 e. The first kappa shape index (κ1) is 19.4. The molecule has 6 nitrogen and oxygen atoms in total. The van der Waals surface area contributed by atoms with E-state index in [-0.39, 0.29) is 24.9 Å². The highest BCUT2D eigenvalue weighted by Gasteiger charge is 2.34. The van der Waals surface area contributed by atoms with Crippen molar-refractivity contribution in [2.45, 2.75) is 64.7 Å². The standard InChI is InChI=1S/C18H23F3N4O2/c1-12-15(13(2)27-23-12)11-17(26)25(14-5-3-4-6-14)10-9-24-8-7-16(22-24)18(19,20)21/h7-8,14H,3-6,9-11H2,1-2H3. The lowest BCUT2D eigenvalue weighted by Gasteiger charge is -2.29. The molecule has 3 rings (SSSR count). The van der Waals surface area contributed by atoms with Gasteiger partial charge in [-0.25, -0.2) is 0 Å². The Morgan fingerprint density at radius 1 is 1.33 bits per heavy atom. The molecular weight excluding hydrogens is 361 g/mol. The molecule has 0 saturated heterocycles. The van der Waals surface area contributed by atoms with E-state index in [2.05, 4.69) is 10.3 Å². The summed E-state index contributed by atoms with van der Waals surface area (Å²) in [5.41, 5.74) is 0.549. The second kappa shape index (κ2) is 7.74. The lowest BCUT2D eigenvalue weighted by molar-refractivity contribution is -0.141. The third-order valence-corrected chi connectivity index (χ3v) is 5.10. The molecule has 0 aromatic carbocycles. The Labute approximate surface area is 155 Å². The molecule has 2 heterocycles. The van der Waals surface area contributed by atoms with Gasteiger partial charge in [-0.3, -0.25) is 9.48 Å². The zero-order valence-electron chi connectivity index (χ0n) is 15.4. The van der Waals surface area contributed by atoms with Crippen molar-refractivity contribution >= 4 is 5.91 Å². The van der Waals surface area contributed by atoms with Crippen LogP contribution in [-0.2, 0) is 23.9 Å². The molecule has 1 amide bonds. The van der Waals surface area contributed by atoms with Gasteiger partial charge in [0.05, 0.1) is 18.7 Å². The second-order valence-corrected chi connectivity index (χ2v) is 6.97. The summed E-state index contributed by atoms with van der Waals surface area (Å²) in [6, 6.07) is 1.07. The summed E-state index contributed by atoms with van der Waals surface area (Å²) in [6.45, 7) is 4.11. The lowest BCUT2D eigenvalue weighted by atomic mass is 10.1. The number of carbonyl (C=O) groups is 1. The fourth-order valence-corrected chi connectivity index (χ4v) is 3.58. The zero-order valence-corrected chi connectivity index (χ0v) is 15.4. The van der Waals surface area contributed by atoms with Crippen LogP contribution in [0.2, 0.25) is 0 Å². The van der Waals surface area contributed by atoms with E-state index in [1.807, 2.05) is 0 Å². The molecule has 0 spiro atoms. The summed E-state index contributed by atoms with van der Waals surface area (Å²) < 4.78 is 44.5. The largest absolute Gasteiger partial charge is 0.435 e. The smallest absolute Gasteiger partial charge is 0.361 e. The summed E-state index contributed by atoms with van der Waals surface area (Å²) in [5.74, 6) is 0.564. The monoisotopic (exact) mass is 384 g/mol. The Bertz CT molecular complexity index is 771. The van der Waals surface area contributed by atoms with Crippen LogP contribution in [0.3, 0.4) is 0 Å². The molecule has 1 aliphatic rings. The summed E-state index contributed by atoms with van der Waals surface area (Å²) in [7, 11) is 0. The van der Waals surface area contributed by atoms with Gasteiger partial charge in [0.25, 0.3) is 0 Å². The van der Waals surface area contributed by atoms with Gasteiger partial charge in [-0.2, -0.15) is 18.3 Å². The molecule has 1 fully saturated rings. The van der Waals surface area contributed by atoms with Crippen LogP contribution in [0.1, 0.15) is 48.4 Å². The molecule has 0 atom stereocenters. The predicted molar refractivity (Wildman–Crippen MR) is 90.9 cm³/mol. The Morgan fingerprint density at radius 3 is 2.59 bits per heavy atom. The number of nitrogens with zero attached hydrogens (tertiary/aromatic N) is 4. The molecule has 2 aromatic heterocycles. The molecular formula is C18H23F3N4O2. The Hall–Kier alpha value is -2.32. The third-order valence-electron chi connectivity index (χ3n) is 5.10. The van der Waals surface area contributed by atoms with E-state index in [1.165, 1.54) is 10.9 Å². The first-order valence-electron chi connectivity index (χ1n) is 9.07. The molecule has 0 radical (unpaired) electrons. The number of carbonyl (C=O) groups excluding carboxylic acids is 1. The van der Waals surface area contributed by atoms with E-state index in [0.29, 0.717) is 18.0 Å². The highest BCUT2D eigenvalue weighted by Crippen LogP contribution is 2.28. The number of aryl methyl sites for hydroxylation is 2. The van der Waals surface area contributed by atoms with E-state index < -0.39 is 11.9 Å². The van der Waals surface area contributed by atoms with Crippen molar-refractivity contribution in [3.63, 3.8) is 0 Å². The second-order valence-electron chi connectivity index (χ2n) is 6.97. The van der Waals surface area contributed by atoms with Gasteiger partial charge in [0.1, 0.15) is 5.76 Å². The van der Waals surface area contributed by atoms with Crippen LogP contribution >= 0.6 is 0 Å². The van der Waals surface area contributed by atoms with Crippen molar-refractivity contribution in [3.05, 3.63) is 35.0 Å². The number of hydrogen-bond donors (Lipinski definition) is 0. The minimum atomic E-state index is -4.46. The summed E-state index contributed by atoms with van der Waals surface area (Å²) in [4.78, 5) is 14.7. The molecule has 0 N–H and O–H groups in total. The maximum absolute atomic E-state index is 12.9. The first-order valence-corrected chi connectivity index (χ1v) is 9.07. The molecule has 0 unspecified atom stereocenters. The maximum Gasteiger partial charge on any atom is 0.435 e. The van der Waals surface area contributed by atoms with Gasteiger partial charge in [0, 0.05) is 24.3 Å². The van der Waals surface area contributed by atoms with Crippen LogP contribution in [0, 0.1) is 13.8 Å². The molecule has 0 aliphatic heterocycles. The van der Waals surface area contributed by atoms with E-state index in [4.69, 9.17) is 4.52 Å². The molecule has 9 heteroatoms. The van der Waals surface area contributed by atoms with Gasteiger partial charge in [0.15, 0.2) is 5.69 Å². The van der Waals surface area contributed by atoms with Crippen LogP contribution in [0.25, 0.3) is 0 Å². The van der Waals surface area contributed by atoms with Crippen LogP contribution in [-0.4, -0.2) is 38.3 Å². The summed E-state index contributed by atoms with van der Waals surface area (Å²) in [5, 5.41) is 7.45. The van der Waals surface area contributed by atoms with Gasteiger partial charge < -0.3 is 9.42 Å². The molecule has 0 bridgehead atoms. The van der Waals surface area contributed by atoms with Gasteiger partial charge in [-0.1, -0.05) is 18.0 Å². The lowest BCUT2D eigenvalue weighted by Crippen LogP contribution is -2.42. The SMILES string of the molecule is Cc1noc(C)c1CC(=O)N(CCn1ccc(C(F)(F)F)n1)C1CCCC1. The van der Waals surface area contributed by atoms with Gasteiger partial charge >= 0.3 is 6.18 Å². The minimum absolute atomic E-state index is 0.0560. The Morgan fingerprint density at radius 2 is 2.04 bits per heavy atom. The topological polar surface area (TPSA) is 64.2 Å². The fourth-order valence-electron chi connectivity index (χ4n) is 3.58. The highest BCUT2D eigenvalue weighted by molar-refractivity contribution is 5.79. The van der Waals surface area contributed by atoms with Crippen molar-refractivity contribution in [3.8, 4) is 0 Å². The normalized spacial score (nSPS) is 15.4. The molecule has 148 valence electrons. The summed E-state index contributed by atoms with van der Waals surface area (Å²) in [6.07, 6.45) is 0.967. The van der Waals surface area contributed by atoms with Crippen LogP contribution < -0.4 is 0 Å². The first-order chi connectivity index (χ1) is 12.8. The summed E-state index contributed by atoms with van der Waals surface area (Å²) >= 11 is 0. The Balaban J connectivity index is 1.70. The van der Waals surface area contributed by atoms with Crippen molar-refractivity contribution in [1.29, 1.82) is 0 Å². The van der Waals surface area contributed by atoms with E-state index in [1.54, 1.807) is 18.7 Å². The van der Waals surface area contributed by atoms with Crippen LogP contribution in [0.5, 0.6) is 0 Å². The average Bonchev–Trinajstić information content (AvgIpc) is 3.33. The van der Waals surface area contributed by atoms with Crippen LogP contribution in [0.4, 0.5) is 13.2 Å². The highest BCUT2D eigenvalue weighted by atomic mass is 19.4. The van der Waals surface area contributed by atoms with Gasteiger partial charge in [0.2, 0.25) is 5.91 Å². The van der Waals surface area contributed by atoms with Crippen molar-refractivity contribution in [2.24, 2.45) is 0 Å². The van der Waals surface area contributed by atoms with E-state index >= 15 is 0 Å². The molecule has 2 aromatic rings. The molecule has 1 aliphatic carbocycles. The number of rotatable bonds is 6. The third kappa shape index (κ3) is 4.51. The van der Waals surface area contributed by atoms with Crippen molar-refractivity contribution in [1.82, 2.24) is 19.8 Å². The van der Waals surface area contributed by atoms with Crippen molar-refractivity contribution < 1.29 is 22.5 Å². The van der Waals surface area contributed by atoms with Gasteiger partial charge in [-0.15, -0.1) is 0 Å². The van der Waals surface area contributed by atoms with E-state index in [9.17, 15) is 18.0 Å². The number of amides is 1.